The first-order valence-electron chi connectivity index (χ1n) is 8.48. The molecule has 0 fully saturated rings. The lowest BCUT2D eigenvalue weighted by Gasteiger charge is -2.10. The van der Waals surface area contributed by atoms with Crippen molar-refractivity contribution in [2.75, 3.05) is 4.72 Å². The van der Waals surface area contributed by atoms with E-state index < -0.39 is 10.0 Å². The highest BCUT2D eigenvalue weighted by Gasteiger charge is 2.14. The van der Waals surface area contributed by atoms with Crippen LogP contribution >= 0.6 is 0 Å². The molecule has 0 radical (unpaired) electrons. The molecule has 0 bridgehead atoms. The molecule has 1 aromatic heterocycles. The molecule has 27 heavy (non-hydrogen) atoms. The molecule has 0 spiro atoms. The predicted molar refractivity (Wildman–Crippen MR) is 106 cm³/mol. The first-order valence-corrected chi connectivity index (χ1v) is 9.96. The number of nitrogens with one attached hydrogen (secondary N) is 2. The zero-order chi connectivity index (χ0) is 19.6. The summed E-state index contributed by atoms with van der Waals surface area (Å²) in [4.78, 5) is 12.0. The lowest BCUT2D eigenvalue weighted by atomic mass is 10.1. The Bertz CT molecular complexity index is 1110. The fourth-order valence-corrected chi connectivity index (χ4v) is 3.99. The van der Waals surface area contributed by atoms with Gasteiger partial charge in [0.25, 0.3) is 15.6 Å². The molecular formula is C20H21N3O3S. The molecule has 0 aliphatic heterocycles. The molecule has 0 unspecified atom stereocenters. The SMILES string of the molecule is Cc1cc(C)cc(NS(=O)(=O)c2ccc(Cc3cc(C)n[nH]c3=O)cc2)c1. The van der Waals surface area contributed by atoms with E-state index >= 15 is 0 Å². The van der Waals surface area contributed by atoms with Crippen molar-refractivity contribution in [1.82, 2.24) is 10.2 Å². The Morgan fingerprint density at radius 2 is 1.59 bits per heavy atom. The Labute approximate surface area is 158 Å². The Balaban J connectivity index is 1.81. The number of aromatic amines is 1. The lowest BCUT2D eigenvalue weighted by Crippen LogP contribution is -2.15. The van der Waals surface area contributed by atoms with Gasteiger partial charge < -0.3 is 0 Å². The van der Waals surface area contributed by atoms with Crippen LogP contribution < -0.4 is 10.3 Å². The summed E-state index contributed by atoms with van der Waals surface area (Å²) in [7, 11) is -3.68. The molecule has 3 aromatic rings. The van der Waals surface area contributed by atoms with Crippen LogP contribution in [0.1, 0.15) is 27.9 Å². The van der Waals surface area contributed by atoms with Crippen molar-refractivity contribution in [3.8, 4) is 0 Å². The Morgan fingerprint density at radius 3 is 2.22 bits per heavy atom. The number of nitrogens with zero attached hydrogens (tertiary/aromatic N) is 1. The topological polar surface area (TPSA) is 91.9 Å². The van der Waals surface area contributed by atoms with Gasteiger partial charge in [0.05, 0.1) is 10.6 Å². The standard InChI is InChI=1S/C20H21N3O3S/c1-13-8-14(2)10-18(9-13)23-27(25,26)19-6-4-16(5-7-19)12-17-11-15(3)21-22-20(17)24/h4-11,23H,12H2,1-3H3,(H,22,24). The maximum Gasteiger partial charge on any atom is 0.267 e. The monoisotopic (exact) mass is 383 g/mol. The largest absolute Gasteiger partial charge is 0.280 e. The molecule has 140 valence electrons. The van der Waals surface area contributed by atoms with Gasteiger partial charge in [-0.05, 0) is 67.8 Å². The summed E-state index contributed by atoms with van der Waals surface area (Å²) in [5, 5.41) is 6.30. The van der Waals surface area contributed by atoms with Crippen LogP contribution in [0.3, 0.4) is 0 Å². The summed E-state index contributed by atoms with van der Waals surface area (Å²) in [5.41, 5.74) is 4.43. The fourth-order valence-electron chi connectivity index (χ4n) is 2.95. The maximum atomic E-state index is 12.6. The molecule has 0 saturated heterocycles. The van der Waals surface area contributed by atoms with Crippen molar-refractivity contribution >= 4 is 15.7 Å². The molecule has 3 rings (SSSR count). The average Bonchev–Trinajstić information content (AvgIpc) is 2.57. The van der Waals surface area contributed by atoms with E-state index in [-0.39, 0.29) is 10.5 Å². The summed E-state index contributed by atoms with van der Waals surface area (Å²) < 4.78 is 27.8. The molecule has 2 aromatic carbocycles. The maximum absolute atomic E-state index is 12.6. The average molecular weight is 383 g/mol. The van der Waals surface area contributed by atoms with Crippen LogP contribution in [-0.2, 0) is 16.4 Å². The van der Waals surface area contributed by atoms with Gasteiger partial charge in [-0.2, -0.15) is 5.10 Å². The second-order valence-corrected chi connectivity index (χ2v) is 8.35. The molecular weight excluding hydrogens is 362 g/mol. The molecule has 0 amide bonds. The first kappa shape index (κ1) is 18.8. The van der Waals surface area contributed by atoms with Crippen molar-refractivity contribution in [2.45, 2.75) is 32.1 Å². The van der Waals surface area contributed by atoms with E-state index in [1.807, 2.05) is 19.9 Å². The van der Waals surface area contributed by atoms with E-state index in [0.29, 0.717) is 17.7 Å². The highest BCUT2D eigenvalue weighted by atomic mass is 32.2. The van der Waals surface area contributed by atoms with Crippen LogP contribution in [0.4, 0.5) is 5.69 Å². The quantitative estimate of drug-likeness (QED) is 0.708. The van der Waals surface area contributed by atoms with Crippen molar-refractivity contribution in [3.63, 3.8) is 0 Å². The number of hydrogen-bond donors (Lipinski definition) is 2. The van der Waals surface area contributed by atoms with E-state index in [4.69, 9.17) is 0 Å². The van der Waals surface area contributed by atoms with Crippen molar-refractivity contribution < 1.29 is 8.42 Å². The highest BCUT2D eigenvalue weighted by Crippen LogP contribution is 2.20. The number of anilines is 1. The van der Waals surface area contributed by atoms with Crippen LogP contribution in [0, 0.1) is 20.8 Å². The van der Waals surface area contributed by atoms with E-state index in [0.717, 1.165) is 22.4 Å². The number of aryl methyl sites for hydroxylation is 3. The van der Waals surface area contributed by atoms with Gasteiger partial charge in [-0.25, -0.2) is 13.5 Å². The lowest BCUT2D eigenvalue weighted by molar-refractivity contribution is 0.601. The van der Waals surface area contributed by atoms with Gasteiger partial charge in [0.1, 0.15) is 0 Å². The van der Waals surface area contributed by atoms with Gasteiger partial charge in [-0.1, -0.05) is 18.2 Å². The van der Waals surface area contributed by atoms with Crippen LogP contribution in [0.15, 0.2) is 58.2 Å². The number of rotatable bonds is 5. The van der Waals surface area contributed by atoms with Gasteiger partial charge in [-0.3, -0.25) is 9.52 Å². The molecule has 0 atom stereocenters. The molecule has 0 saturated carbocycles. The Kier molecular flexibility index (Phi) is 5.14. The molecule has 0 aliphatic rings. The van der Waals surface area contributed by atoms with E-state index in [1.165, 1.54) is 0 Å². The van der Waals surface area contributed by atoms with Gasteiger partial charge in [-0.15, -0.1) is 0 Å². The van der Waals surface area contributed by atoms with Gasteiger partial charge in [0, 0.05) is 17.7 Å². The number of H-pyrrole nitrogens is 1. The van der Waals surface area contributed by atoms with Gasteiger partial charge in [0.2, 0.25) is 0 Å². The molecule has 7 heteroatoms. The van der Waals surface area contributed by atoms with Crippen LogP contribution in [-0.4, -0.2) is 18.6 Å². The van der Waals surface area contributed by atoms with Crippen LogP contribution in [0.5, 0.6) is 0 Å². The Morgan fingerprint density at radius 1 is 0.963 bits per heavy atom. The normalized spacial score (nSPS) is 11.4. The van der Waals surface area contributed by atoms with Gasteiger partial charge in [0.15, 0.2) is 0 Å². The minimum atomic E-state index is -3.68. The fraction of sp³-hybridized carbons (Fsp3) is 0.200. The second kappa shape index (κ2) is 7.36. The summed E-state index contributed by atoms with van der Waals surface area (Å²) in [6, 6.07) is 13.8. The number of sulfonamides is 1. The predicted octanol–water partition coefficient (Wildman–Crippen LogP) is 3.09. The van der Waals surface area contributed by atoms with Crippen LogP contribution in [0.25, 0.3) is 0 Å². The zero-order valence-corrected chi connectivity index (χ0v) is 16.2. The smallest absolute Gasteiger partial charge is 0.267 e. The highest BCUT2D eigenvalue weighted by molar-refractivity contribution is 7.92. The minimum Gasteiger partial charge on any atom is -0.280 e. The van der Waals surface area contributed by atoms with Crippen LogP contribution in [0.2, 0.25) is 0 Å². The van der Waals surface area contributed by atoms with Gasteiger partial charge >= 0.3 is 0 Å². The number of hydrogen-bond acceptors (Lipinski definition) is 4. The number of aromatic nitrogens is 2. The van der Waals surface area contributed by atoms with Crippen molar-refractivity contribution in [3.05, 3.63) is 86.8 Å². The third kappa shape index (κ3) is 4.62. The first-order chi connectivity index (χ1) is 12.7. The third-order valence-corrected chi connectivity index (χ3v) is 5.51. The van der Waals surface area contributed by atoms with E-state index in [2.05, 4.69) is 14.9 Å². The van der Waals surface area contributed by atoms with Crippen molar-refractivity contribution in [2.24, 2.45) is 0 Å². The van der Waals surface area contributed by atoms with Crippen molar-refractivity contribution in [1.29, 1.82) is 0 Å². The zero-order valence-electron chi connectivity index (χ0n) is 15.4. The Hall–Kier alpha value is -2.93. The second-order valence-electron chi connectivity index (χ2n) is 6.67. The molecule has 1 heterocycles. The molecule has 2 N–H and O–H groups in total. The summed E-state index contributed by atoms with van der Waals surface area (Å²) >= 11 is 0. The number of benzene rings is 2. The third-order valence-electron chi connectivity index (χ3n) is 4.11. The summed E-state index contributed by atoms with van der Waals surface area (Å²) in [6.07, 6.45) is 0.406. The summed E-state index contributed by atoms with van der Waals surface area (Å²) in [6.45, 7) is 5.64. The molecule has 6 nitrogen and oxygen atoms in total. The minimum absolute atomic E-state index is 0.172. The van der Waals surface area contributed by atoms with E-state index in [1.54, 1.807) is 49.4 Å². The van der Waals surface area contributed by atoms with E-state index in [9.17, 15) is 13.2 Å². The summed E-state index contributed by atoms with van der Waals surface area (Å²) in [5.74, 6) is 0. The molecule has 0 aliphatic carbocycles.